The molecule has 0 bridgehead atoms. The number of carbonyl (C=O) groups excluding carboxylic acids is 1. The third kappa shape index (κ3) is 5.94. The highest BCUT2D eigenvalue weighted by Gasteiger charge is 2.36. The van der Waals surface area contributed by atoms with E-state index in [4.69, 9.17) is 16.3 Å². The van der Waals surface area contributed by atoms with Crippen molar-refractivity contribution in [1.82, 2.24) is 9.21 Å². The van der Waals surface area contributed by atoms with Gasteiger partial charge in [0.15, 0.2) is 0 Å². The van der Waals surface area contributed by atoms with E-state index in [-0.39, 0.29) is 29.9 Å². The van der Waals surface area contributed by atoms with Gasteiger partial charge in [-0.15, -0.1) is 11.3 Å². The molecular weight excluding hydrogens is 528 g/mol. The first-order valence-corrected chi connectivity index (χ1v) is 15.0. The second-order valence-electron chi connectivity index (χ2n) is 9.50. The predicted octanol–water partition coefficient (Wildman–Crippen LogP) is 5.53. The minimum absolute atomic E-state index is 0.192. The van der Waals surface area contributed by atoms with Crippen LogP contribution in [0.3, 0.4) is 0 Å². The molecule has 0 unspecified atom stereocenters. The first kappa shape index (κ1) is 27.8. The highest BCUT2D eigenvalue weighted by Crippen LogP contribution is 2.38. The molecule has 2 aromatic carbocycles. The van der Waals surface area contributed by atoms with Crippen molar-refractivity contribution in [3.8, 4) is 0 Å². The third-order valence-corrected chi connectivity index (χ3v) is 10.1. The summed E-state index contributed by atoms with van der Waals surface area (Å²) in [4.78, 5) is 17.2. The number of aryl methyl sites for hydroxylation is 3. The van der Waals surface area contributed by atoms with E-state index in [1.165, 1.54) is 9.18 Å². The van der Waals surface area contributed by atoms with Crippen molar-refractivity contribution >= 4 is 38.9 Å². The van der Waals surface area contributed by atoms with Gasteiger partial charge in [0.1, 0.15) is 0 Å². The summed E-state index contributed by atoms with van der Waals surface area (Å²) in [6.45, 7) is 6.45. The van der Waals surface area contributed by atoms with Gasteiger partial charge in [-0.3, -0.25) is 4.79 Å². The number of ether oxygens (including phenoxy) is 1. The molecule has 1 aromatic heterocycles. The number of carbonyl (C=O) groups is 1. The van der Waals surface area contributed by atoms with Gasteiger partial charge in [0.25, 0.3) is 0 Å². The standard InChI is InChI=1S/C28H33ClN2O4S2/c1-19-16-20(2)28(21(3)17-19)37(33,34)30(12-5-14-35-4)18-26(32)31-13-10-25-24(11-15-36-25)27(31)22-6-8-23(29)9-7-22/h6-9,11,15-17,27H,5,10,12-14,18H2,1-4H3/t27-/m1/s1. The number of rotatable bonds is 9. The van der Waals surface area contributed by atoms with Crippen LogP contribution in [0.4, 0.5) is 0 Å². The molecule has 0 saturated heterocycles. The van der Waals surface area contributed by atoms with Gasteiger partial charge in [-0.05, 0) is 79.4 Å². The van der Waals surface area contributed by atoms with Gasteiger partial charge in [-0.25, -0.2) is 8.42 Å². The van der Waals surface area contributed by atoms with Crippen molar-refractivity contribution < 1.29 is 17.9 Å². The van der Waals surface area contributed by atoms with E-state index in [0.717, 1.165) is 23.1 Å². The molecule has 37 heavy (non-hydrogen) atoms. The lowest BCUT2D eigenvalue weighted by Gasteiger charge is -2.37. The van der Waals surface area contributed by atoms with E-state index >= 15 is 0 Å². The molecule has 1 atom stereocenters. The Morgan fingerprint density at radius 1 is 1.14 bits per heavy atom. The minimum Gasteiger partial charge on any atom is -0.385 e. The highest BCUT2D eigenvalue weighted by molar-refractivity contribution is 7.89. The number of sulfonamides is 1. The molecule has 2 heterocycles. The number of nitrogens with zero attached hydrogens (tertiary/aromatic N) is 2. The van der Waals surface area contributed by atoms with E-state index in [2.05, 4.69) is 6.07 Å². The van der Waals surface area contributed by atoms with E-state index < -0.39 is 10.0 Å². The van der Waals surface area contributed by atoms with Gasteiger partial charge >= 0.3 is 0 Å². The molecular formula is C28H33ClN2O4S2. The molecule has 0 N–H and O–H groups in total. The summed E-state index contributed by atoms with van der Waals surface area (Å²) in [5.74, 6) is -0.222. The third-order valence-electron chi connectivity index (χ3n) is 6.74. The molecule has 4 rings (SSSR count). The number of amides is 1. The van der Waals surface area contributed by atoms with Crippen LogP contribution in [0.2, 0.25) is 5.02 Å². The number of methoxy groups -OCH3 is 1. The van der Waals surface area contributed by atoms with Crippen molar-refractivity contribution in [3.05, 3.63) is 85.6 Å². The van der Waals surface area contributed by atoms with Crippen molar-refractivity contribution in [3.63, 3.8) is 0 Å². The summed E-state index contributed by atoms with van der Waals surface area (Å²) in [6, 6.07) is 13.0. The summed E-state index contributed by atoms with van der Waals surface area (Å²) < 4.78 is 34.4. The van der Waals surface area contributed by atoms with Crippen LogP contribution in [-0.4, -0.2) is 56.9 Å². The van der Waals surface area contributed by atoms with Crippen LogP contribution in [0.1, 0.15) is 45.2 Å². The molecule has 1 aliphatic heterocycles. The van der Waals surface area contributed by atoms with Gasteiger partial charge < -0.3 is 9.64 Å². The summed E-state index contributed by atoms with van der Waals surface area (Å²) in [5, 5.41) is 2.67. The second kappa shape index (κ2) is 11.7. The Bertz CT molecular complexity index is 1350. The normalized spacial score (nSPS) is 15.7. The number of thiophene rings is 1. The van der Waals surface area contributed by atoms with Gasteiger partial charge in [0.05, 0.1) is 17.5 Å². The minimum atomic E-state index is -3.92. The number of halogens is 1. The fraction of sp³-hybridized carbons (Fsp3) is 0.393. The van der Waals surface area contributed by atoms with Crippen LogP contribution in [-0.2, 0) is 26.0 Å². The van der Waals surface area contributed by atoms with Gasteiger partial charge in [-0.1, -0.05) is 41.4 Å². The first-order valence-electron chi connectivity index (χ1n) is 12.3. The zero-order valence-corrected chi connectivity index (χ0v) is 24.0. The molecule has 0 saturated carbocycles. The van der Waals surface area contributed by atoms with E-state index in [1.807, 2.05) is 53.6 Å². The van der Waals surface area contributed by atoms with E-state index in [0.29, 0.717) is 35.7 Å². The number of hydrogen-bond acceptors (Lipinski definition) is 5. The largest absolute Gasteiger partial charge is 0.385 e. The van der Waals surface area contributed by atoms with Crippen LogP contribution in [0.25, 0.3) is 0 Å². The molecule has 9 heteroatoms. The average Bonchev–Trinajstić information content (AvgIpc) is 3.31. The van der Waals surface area contributed by atoms with Crippen LogP contribution in [0.5, 0.6) is 0 Å². The molecule has 0 fully saturated rings. The summed E-state index contributed by atoms with van der Waals surface area (Å²) >= 11 is 7.83. The molecule has 6 nitrogen and oxygen atoms in total. The molecule has 0 radical (unpaired) electrons. The zero-order chi connectivity index (χ0) is 26.7. The Balaban J connectivity index is 1.68. The molecule has 0 aliphatic carbocycles. The monoisotopic (exact) mass is 560 g/mol. The average molecular weight is 561 g/mol. The Morgan fingerprint density at radius 2 is 1.81 bits per heavy atom. The van der Waals surface area contributed by atoms with Crippen molar-refractivity contribution in [2.24, 2.45) is 0 Å². The Hall–Kier alpha value is -2.23. The fourth-order valence-corrected chi connectivity index (χ4v) is 8.07. The smallest absolute Gasteiger partial charge is 0.244 e. The fourth-order valence-electron chi connectivity index (χ4n) is 5.20. The first-order chi connectivity index (χ1) is 17.6. The SMILES string of the molecule is COCCCN(CC(=O)N1CCc2sccc2[C@H]1c1ccc(Cl)cc1)S(=O)(=O)c1c(C)cc(C)cc1C. The van der Waals surface area contributed by atoms with E-state index in [9.17, 15) is 13.2 Å². The Morgan fingerprint density at radius 3 is 2.46 bits per heavy atom. The molecule has 1 amide bonds. The lowest BCUT2D eigenvalue weighted by atomic mass is 9.93. The van der Waals surface area contributed by atoms with Crippen LogP contribution >= 0.6 is 22.9 Å². The lowest BCUT2D eigenvalue weighted by molar-refractivity contribution is -0.133. The maximum atomic E-state index is 13.9. The Labute approximate surface area is 228 Å². The quantitative estimate of drug-likeness (QED) is 0.323. The van der Waals surface area contributed by atoms with Gasteiger partial charge in [0, 0.05) is 36.7 Å². The predicted molar refractivity (Wildman–Crippen MR) is 149 cm³/mol. The maximum absolute atomic E-state index is 13.9. The molecule has 198 valence electrons. The summed E-state index contributed by atoms with van der Waals surface area (Å²) in [6.07, 6.45) is 1.23. The number of benzene rings is 2. The topological polar surface area (TPSA) is 66.9 Å². The van der Waals surface area contributed by atoms with Gasteiger partial charge in [0.2, 0.25) is 15.9 Å². The lowest BCUT2D eigenvalue weighted by Crippen LogP contribution is -2.47. The highest BCUT2D eigenvalue weighted by atomic mass is 35.5. The van der Waals surface area contributed by atoms with Gasteiger partial charge in [-0.2, -0.15) is 4.31 Å². The van der Waals surface area contributed by atoms with Crippen LogP contribution < -0.4 is 0 Å². The van der Waals surface area contributed by atoms with Crippen LogP contribution in [0, 0.1) is 20.8 Å². The maximum Gasteiger partial charge on any atom is 0.244 e. The second-order valence-corrected chi connectivity index (χ2v) is 12.8. The molecule has 1 aliphatic rings. The Kier molecular flexibility index (Phi) is 8.76. The number of fused-ring (bicyclic) bond motifs is 1. The van der Waals surface area contributed by atoms with Crippen molar-refractivity contribution in [2.45, 2.75) is 44.6 Å². The zero-order valence-electron chi connectivity index (χ0n) is 21.7. The van der Waals surface area contributed by atoms with E-state index in [1.54, 1.807) is 32.3 Å². The molecule has 3 aromatic rings. The van der Waals surface area contributed by atoms with Crippen molar-refractivity contribution in [1.29, 1.82) is 0 Å². The van der Waals surface area contributed by atoms with Crippen LogP contribution in [0.15, 0.2) is 52.7 Å². The molecule has 0 spiro atoms. The number of hydrogen-bond donors (Lipinski definition) is 0. The summed E-state index contributed by atoms with van der Waals surface area (Å²) in [5.41, 5.74) is 4.41. The van der Waals surface area contributed by atoms with Crippen molar-refractivity contribution in [2.75, 3.05) is 33.4 Å². The summed E-state index contributed by atoms with van der Waals surface area (Å²) in [7, 11) is -2.33.